The molecule has 0 atom stereocenters. The summed E-state index contributed by atoms with van der Waals surface area (Å²) in [5, 5.41) is 5.98. The van der Waals surface area contributed by atoms with Gasteiger partial charge in [-0.1, -0.05) is 13.8 Å². The van der Waals surface area contributed by atoms with Gasteiger partial charge < -0.3 is 15.1 Å². The molecule has 0 aliphatic rings. The predicted molar refractivity (Wildman–Crippen MR) is 86.5 cm³/mol. The van der Waals surface area contributed by atoms with Crippen LogP contribution in [0.2, 0.25) is 0 Å². The van der Waals surface area contributed by atoms with Crippen molar-refractivity contribution in [3.63, 3.8) is 0 Å². The molecule has 1 heterocycles. The highest BCUT2D eigenvalue weighted by Gasteiger charge is 2.33. The summed E-state index contributed by atoms with van der Waals surface area (Å²) in [5.41, 5.74) is -1.79. The molecule has 0 saturated carbocycles. The summed E-state index contributed by atoms with van der Waals surface area (Å²) in [6.07, 6.45) is -4.63. The smallest absolute Gasteiger partial charge is 0.417 e. The summed E-state index contributed by atoms with van der Waals surface area (Å²) in [4.78, 5) is 11.3. The van der Waals surface area contributed by atoms with E-state index in [4.69, 9.17) is 16.6 Å². The minimum atomic E-state index is -4.63. The van der Waals surface area contributed by atoms with E-state index < -0.39 is 17.4 Å². The average Bonchev–Trinajstić information content (AvgIpc) is 2.43. The normalized spacial score (nSPS) is 11.7. The molecule has 2 aromatic rings. The third kappa shape index (κ3) is 4.44. The fourth-order valence-electron chi connectivity index (χ4n) is 1.95. The lowest BCUT2D eigenvalue weighted by molar-refractivity contribution is -0.136. The second-order valence-electron chi connectivity index (χ2n) is 5.42. The molecule has 0 amide bonds. The molecule has 4 nitrogen and oxygen atoms in total. The SMILES string of the molecule is CC(C)CNC(=S)Nc1ccc2c(C(F)(F)F)cc(=O)oc2c1. The summed E-state index contributed by atoms with van der Waals surface area (Å²) in [7, 11) is 0. The van der Waals surface area contributed by atoms with Gasteiger partial charge in [-0.05, 0) is 30.3 Å². The summed E-state index contributed by atoms with van der Waals surface area (Å²) >= 11 is 5.09. The first-order valence-corrected chi connectivity index (χ1v) is 7.27. The highest BCUT2D eigenvalue weighted by atomic mass is 32.1. The lowest BCUT2D eigenvalue weighted by Gasteiger charge is -2.13. The van der Waals surface area contributed by atoms with Gasteiger partial charge in [0, 0.05) is 29.8 Å². The molecule has 0 unspecified atom stereocenters. The lowest BCUT2D eigenvalue weighted by atomic mass is 10.1. The first-order chi connectivity index (χ1) is 10.7. The molecule has 0 saturated heterocycles. The number of halogens is 3. The van der Waals surface area contributed by atoms with E-state index in [1.807, 2.05) is 13.8 Å². The molecule has 0 bridgehead atoms. The standard InChI is InChI=1S/C15H15F3N2O2S/c1-8(2)7-19-14(23)20-9-3-4-10-11(15(16,17)18)6-13(21)22-12(10)5-9/h3-6,8H,7H2,1-2H3,(H2,19,20,23). The van der Waals surface area contributed by atoms with Gasteiger partial charge in [0.15, 0.2) is 5.11 Å². The molecule has 0 radical (unpaired) electrons. The van der Waals surface area contributed by atoms with E-state index in [-0.39, 0.29) is 11.0 Å². The Morgan fingerprint density at radius 1 is 1.30 bits per heavy atom. The van der Waals surface area contributed by atoms with Crippen molar-refractivity contribution >= 4 is 34.0 Å². The minimum Gasteiger partial charge on any atom is -0.423 e. The Morgan fingerprint density at radius 2 is 2.00 bits per heavy atom. The van der Waals surface area contributed by atoms with Crippen molar-refractivity contribution in [1.82, 2.24) is 5.32 Å². The molecule has 0 fully saturated rings. The van der Waals surface area contributed by atoms with Gasteiger partial charge in [0.25, 0.3) is 0 Å². The first kappa shape index (κ1) is 17.3. The highest BCUT2D eigenvalue weighted by molar-refractivity contribution is 7.80. The Kier molecular flexibility index (Phi) is 4.93. The van der Waals surface area contributed by atoms with Crippen molar-refractivity contribution in [3.8, 4) is 0 Å². The number of hydrogen-bond acceptors (Lipinski definition) is 3. The second kappa shape index (κ2) is 6.57. The van der Waals surface area contributed by atoms with Gasteiger partial charge in [0.1, 0.15) is 5.58 Å². The third-order valence-electron chi connectivity index (χ3n) is 2.98. The van der Waals surface area contributed by atoms with E-state index in [1.165, 1.54) is 18.2 Å². The molecule has 1 aromatic carbocycles. The predicted octanol–water partition coefficient (Wildman–Crippen LogP) is 3.75. The van der Waals surface area contributed by atoms with Crippen LogP contribution in [0, 0.1) is 5.92 Å². The number of fused-ring (bicyclic) bond motifs is 1. The number of anilines is 1. The van der Waals surface area contributed by atoms with Crippen LogP contribution in [0.4, 0.5) is 18.9 Å². The second-order valence-corrected chi connectivity index (χ2v) is 5.82. The maximum atomic E-state index is 13.0. The van der Waals surface area contributed by atoms with E-state index in [1.54, 1.807) is 0 Å². The van der Waals surface area contributed by atoms with Gasteiger partial charge in [0.05, 0.1) is 5.56 Å². The van der Waals surface area contributed by atoms with Gasteiger partial charge in [-0.15, -0.1) is 0 Å². The number of alkyl halides is 3. The number of rotatable bonds is 3. The Balaban J connectivity index is 2.33. The monoisotopic (exact) mass is 344 g/mol. The van der Waals surface area contributed by atoms with Crippen molar-refractivity contribution < 1.29 is 17.6 Å². The van der Waals surface area contributed by atoms with E-state index in [9.17, 15) is 18.0 Å². The van der Waals surface area contributed by atoms with Crippen LogP contribution in [0.5, 0.6) is 0 Å². The van der Waals surface area contributed by atoms with Gasteiger partial charge in [-0.3, -0.25) is 0 Å². The van der Waals surface area contributed by atoms with Crippen LogP contribution in [0.1, 0.15) is 19.4 Å². The Morgan fingerprint density at radius 3 is 2.61 bits per heavy atom. The van der Waals surface area contributed by atoms with Crippen LogP contribution in [0.3, 0.4) is 0 Å². The van der Waals surface area contributed by atoms with Crippen LogP contribution in [0.15, 0.2) is 33.5 Å². The topological polar surface area (TPSA) is 54.3 Å². The largest absolute Gasteiger partial charge is 0.423 e. The fourth-order valence-corrected chi connectivity index (χ4v) is 2.15. The lowest BCUT2D eigenvalue weighted by Crippen LogP contribution is -2.31. The average molecular weight is 344 g/mol. The van der Waals surface area contributed by atoms with Crippen molar-refractivity contribution in [2.45, 2.75) is 20.0 Å². The van der Waals surface area contributed by atoms with E-state index in [2.05, 4.69) is 10.6 Å². The molecule has 124 valence electrons. The van der Waals surface area contributed by atoms with Crippen LogP contribution in [0.25, 0.3) is 11.0 Å². The molecular weight excluding hydrogens is 329 g/mol. The quantitative estimate of drug-likeness (QED) is 0.656. The summed E-state index contributed by atoms with van der Waals surface area (Å²) in [6.45, 7) is 4.69. The Labute approximate surface area is 135 Å². The van der Waals surface area contributed by atoms with Gasteiger partial charge in [-0.25, -0.2) is 4.79 Å². The zero-order valence-electron chi connectivity index (χ0n) is 12.5. The van der Waals surface area contributed by atoms with E-state index in [0.717, 1.165) is 0 Å². The number of nitrogens with one attached hydrogen (secondary N) is 2. The minimum absolute atomic E-state index is 0.151. The fraction of sp³-hybridized carbons (Fsp3) is 0.333. The molecule has 8 heteroatoms. The summed E-state index contributed by atoms with van der Waals surface area (Å²) in [5.74, 6) is 0.388. The molecule has 2 N–H and O–H groups in total. The van der Waals surface area contributed by atoms with Crippen LogP contribution in [-0.4, -0.2) is 11.7 Å². The van der Waals surface area contributed by atoms with Crippen LogP contribution < -0.4 is 16.3 Å². The molecule has 0 aliphatic carbocycles. The van der Waals surface area contributed by atoms with Gasteiger partial charge in [-0.2, -0.15) is 13.2 Å². The molecule has 1 aromatic heterocycles. The molecule has 0 aliphatic heterocycles. The zero-order valence-corrected chi connectivity index (χ0v) is 13.3. The van der Waals surface area contributed by atoms with Crippen molar-refractivity contribution in [3.05, 3.63) is 40.2 Å². The number of thiocarbonyl (C=S) groups is 1. The molecule has 2 rings (SSSR count). The summed E-state index contributed by atoms with van der Waals surface area (Å²) in [6, 6.07) is 4.45. The van der Waals surface area contributed by atoms with Crippen LogP contribution >= 0.6 is 12.2 Å². The zero-order chi connectivity index (χ0) is 17.2. The third-order valence-corrected chi connectivity index (χ3v) is 3.23. The maximum absolute atomic E-state index is 13.0. The van der Waals surface area contributed by atoms with Crippen molar-refractivity contribution in [2.24, 2.45) is 5.92 Å². The number of hydrogen-bond donors (Lipinski definition) is 2. The van der Waals surface area contributed by atoms with Crippen molar-refractivity contribution in [1.29, 1.82) is 0 Å². The molecule has 23 heavy (non-hydrogen) atoms. The Bertz CT molecular complexity index is 784. The molecule has 0 spiro atoms. The van der Waals surface area contributed by atoms with Crippen LogP contribution in [-0.2, 0) is 6.18 Å². The van der Waals surface area contributed by atoms with Gasteiger partial charge in [0.2, 0.25) is 0 Å². The molecular formula is C15H15F3N2O2S. The van der Waals surface area contributed by atoms with E-state index >= 15 is 0 Å². The Hall–Kier alpha value is -2.09. The highest BCUT2D eigenvalue weighted by Crippen LogP contribution is 2.34. The van der Waals surface area contributed by atoms with Gasteiger partial charge >= 0.3 is 11.8 Å². The first-order valence-electron chi connectivity index (χ1n) is 6.87. The van der Waals surface area contributed by atoms with E-state index in [0.29, 0.717) is 29.3 Å². The van der Waals surface area contributed by atoms with Crippen molar-refractivity contribution in [2.75, 3.05) is 11.9 Å². The summed E-state index contributed by atoms with van der Waals surface area (Å²) < 4.78 is 43.7. The number of benzene rings is 1. The maximum Gasteiger partial charge on any atom is 0.417 e.